The SMILES string of the molecule is CC(Br)c1cccc2c(Cl)c3ccccc3nc12. The molecule has 0 saturated carbocycles. The van der Waals surface area contributed by atoms with Crippen LogP contribution < -0.4 is 0 Å². The summed E-state index contributed by atoms with van der Waals surface area (Å²) in [6.07, 6.45) is 0. The Morgan fingerprint density at radius 1 is 1.06 bits per heavy atom. The minimum Gasteiger partial charge on any atom is -0.247 e. The fraction of sp³-hybridized carbons (Fsp3) is 0.133. The molecule has 1 unspecified atom stereocenters. The van der Waals surface area contributed by atoms with Crippen molar-refractivity contribution in [3.05, 3.63) is 53.1 Å². The van der Waals surface area contributed by atoms with Gasteiger partial charge in [0.1, 0.15) is 0 Å². The smallest absolute Gasteiger partial charge is 0.0767 e. The second kappa shape index (κ2) is 4.52. The number of aromatic nitrogens is 1. The molecule has 0 saturated heterocycles. The quantitative estimate of drug-likeness (QED) is 0.426. The number of halogens is 2. The molecule has 0 N–H and O–H groups in total. The number of alkyl halides is 1. The van der Waals surface area contributed by atoms with E-state index < -0.39 is 0 Å². The number of fused-ring (bicyclic) bond motifs is 2. The van der Waals surface area contributed by atoms with E-state index in [9.17, 15) is 0 Å². The minimum absolute atomic E-state index is 0.255. The molecule has 90 valence electrons. The average molecular weight is 321 g/mol. The molecule has 18 heavy (non-hydrogen) atoms. The Balaban J connectivity index is 2.51. The third-order valence-electron chi connectivity index (χ3n) is 3.11. The van der Waals surface area contributed by atoms with E-state index in [2.05, 4.69) is 28.9 Å². The van der Waals surface area contributed by atoms with E-state index in [-0.39, 0.29) is 4.83 Å². The molecular weight excluding hydrogens is 310 g/mol. The Bertz CT molecular complexity index is 737. The lowest BCUT2D eigenvalue weighted by molar-refractivity contribution is 1.13. The van der Waals surface area contributed by atoms with Gasteiger partial charge in [-0.3, -0.25) is 0 Å². The topological polar surface area (TPSA) is 12.9 Å². The zero-order valence-corrected chi connectivity index (χ0v) is 12.2. The summed E-state index contributed by atoms with van der Waals surface area (Å²) in [5, 5.41) is 2.80. The molecular formula is C15H11BrClN. The summed E-state index contributed by atoms with van der Waals surface area (Å²) in [5.41, 5.74) is 3.08. The van der Waals surface area contributed by atoms with Gasteiger partial charge in [0.2, 0.25) is 0 Å². The van der Waals surface area contributed by atoms with E-state index in [1.54, 1.807) is 0 Å². The van der Waals surface area contributed by atoms with Crippen LogP contribution in [0.3, 0.4) is 0 Å². The molecule has 1 aromatic heterocycles. The van der Waals surface area contributed by atoms with Crippen molar-refractivity contribution in [2.45, 2.75) is 11.8 Å². The van der Waals surface area contributed by atoms with E-state index in [1.165, 1.54) is 5.56 Å². The maximum atomic E-state index is 6.50. The summed E-state index contributed by atoms with van der Waals surface area (Å²) in [7, 11) is 0. The molecule has 3 heteroatoms. The lowest BCUT2D eigenvalue weighted by atomic mass is 10.1. The Hall–Kier alpha value is -1.12. The molecule has 3 aromatic rings. The molecule has 0 spiro atoms. The zero-order valence-electron chi connectivity index (χ0n) is 9.82. The van der Waals surface area contributed by atoms with Crippen LogP contribution >= 0.6 is 27.5 Å². The normalized spacial score (nSPS) is 13.1. The lowest BCUT2D eigenvalue weighted by Crippen LogP contribution is -1.91. The third-order valence-corrected chi connectivity index (χ3v) is 4.01. The lowest BCUT2D eigenvalue weighted by Gasteiger charge is -2.10. The van der Waals surface area contributed by atoms with E-state index in [4.69, 9.17) is 16.6 Å². The maximum absolute atomic E-state index is 6.50. The van der Waals surface area contributed by atoms with Gasteiger partial charge in [0.05, 0.1) is 16.1 Å². The molecule has 0 aliphatic heterocycles. The van der Waals surface area contributed by atoms with Crippen molar-refractivity contribution < 1.29 is 0 Å². The first kappa shape index (κ1) is 11.9. The largest absolute Gasteiger partial charge is 0.247 e. The third kappa shape index (κ3) is 1.80. The molecule has 0 bridgehead atoms. The Morgan fingerprint density at radius 3 is 2.56 bits per heavy atom. The van der Waals surface area contributed by atoms with Crippen molar-refractivity contribution in [2.75, 3.05) is 0 Å². The molecule has 2 aromatic carbocycles. The predicted octanol–water partition coefficient (Wildman–Crippen LogP) is 5.50. The first-order chi connectivity index (χ1) is 8.68. The van der Waals surface area contributed by atoms with Crippen LogP contribution in [-0.2, 0) is 0 Å². The molecule has 0 amide bonds. The van der Waals surface area contributed by atoms with Gasteiger partial charge in [-0.05, 0) is 18.6 Å². The maximum Gasteiger partial charge on any atom is 0.0767 e. The van der Waals surface area contributed by atoms with E-state index >= 15 is 0 Å². The highest BCUT2D eigenvalue weighted by molar-refractivity contribution is 9.09. The molecule has 1 atom stereocenters. The van der Waals surface area contributed by atoms with Crippen molar-refractivity contribution in [3.63, 3.8) is 0 Å². The Kier molecular flexibility index (Phi) is 3.00. The van der Waals surface area contributed by atoms with Gasteiger partial charge in [-0.15, -0.1) is 0 Å². The molecule has 0 fully saturated rings. The molecule has 0 aliphatic rings. The van der Waals surface area contributed by atoms with Crippen LogP contribution in [0.5, 0.6) is 0 Å². The number of benzene rings is 2. The van der Waals surface area contributed by atoms with Crippen molar-refractivity contribution in [2.24, 2.45) is 0 Å². The van der Waals surface area contributed by atoms with Crippen LogP contribution in [-0.4, -0.2) is 4.98 Å². The summed E-state index contributed by atoms with van der Waals surface area (Å²) in [6.45, 7) is 2.10. The van der Waals surface area contributed by atoms with E-state index in [0.29, 0.717) is 0 Å². The van der Waals surface area contributed by atoms with Crippen molar-refractivity contribution >= 4 is 49.3 Å². The number of nitrogens with zero attached hydrogens (tertiary/aromatic N) is 1. The number of hydrogen-bond donors (Lipinski definition) is 0. The standard InChI is InChI=1S/C15H11BrClN/c1-9(16)10-6-4-7-12-14(17)11-5-2-3-8-13(11)18-15(10)12/h2-9H,1H3. The van der Waals surface area contributed by atoms with Crippen LogP contribution in [0.2, 0.25) is 5.02 Å². The first-order valence-corrected chi connectivity index (χ1v) is 7.09. The van der Waals surface area contributed by atoms with Gasteiger partial charge in [0.15, 0.2) is 0 Å². The highest BCUT2D eigenvalue weighted by Crippen LogP contribution is 2.35. The van der Waals surface area contributed by atoms with Gasteiger partial charge in [-0.2, -0.15) is 0 Å². The van der Waals surface area contributed by atoms with Crippen LogP contribution in [0.15, 0.2) is 42.5 Å². The van der Waals surface area contributed by atoms with Crippen LogP contribution in [0, 0.1) is 0 Å². The molecule has 3 rings (SSSR count). The van der Waals surface area contributed by atoms with Crippen LogP contribution in [0.1, 0.15) is 17.3 Å². The first-order valence-electron chi connectivity index (χ1n) is 5.79. The van der Waals surface area contributed by atoms with Gasteiger partial charge >= 0.3 is 0 Å². The minimum atomic E-state index is 0.255. The van der Waals surface area contributed by atoms with Gasteiger partial charge in [-0.25, -0.2) is 4.98 Å². The van der Waals surface area contributed by atoms with E-state index in [1.807, 2.05) is 36.4 Å². The number of para-hydroxylation sites is 2. The highest BCUT2D eigenvalue weighted by Gasteiger charge is 2.12. The summed E-state index contributed by atoms with van der Waals surface area (Å²) < 4.78 is 0. The van der Waals surface area contributed by atoms with Crippen molar-refractivity contribution in [1.29, 1.82) is 0 Å². The molecule has 0 aliphatic carbocycles. The molecule has 1 nitrogen and oxygen atoms in total. The fourth-order valence-corrected chi connectivity index (χ4v) is 2.89. The van der Waals surface area contributed by atoms with Crippen molar-refractivity contribution in [1.82, 2.24) is 4.98 Å². The summed E-state index contributed by atoms with van der Waals surface area (Å²) >= 11 is 10.1. The van der Waals surface area contributed by atoms with Crippen LogP contribution in [0.25, 0.3) is 21.8 Å². The fourth-order valence-electron chi connectivity index (χ4n) is 2.21. The summed E-state index contributed by atoms with van der Waals surface area (Å²) in [4.78, 5) is 5.00. The second-order valence-electron chi connectivity index (χ2n) is 4.30. The van der Waals surface area contributed by atoms with Gasteiger partial charge in [-0.1, -0.05) is 63.9 Å². The average Bonchev–Trinajstić information content (AvgIpc) is 2.38. The van der Waals surface area contributed by atoms with Gasteiger partial charge < -0.3 is 0 Å². The molecule has 0 radical (unpaired) electrons. The zero-order chi connectivity index (χ0) is 12.7. The second-order valence-corrected chi connectivity index (χ2v) is 6.05. The summed E-state index contributed by atoms with van der Waals surface area (Å²) in [5.74, 6) is 0. The highest BCUT2D eigenvalue weighted by atomic mass is 79.9. The van der Waals surface area contributed by atoms with E-state index in [0.717, 1.165) is 26.8 Å². The predicted molar refractivity (Wildman–Crippen MR) is 81.6 cm³/mol. The summed E-state index contributed by atoms with van der Waals surface area (Å²) in [6, 6.07) is 14.1. The Morgan fingerprint density at radius 2 is 1.78 bits per heavy atom. The number of hydrogen-bond acceptors (Lipinski definition) is 1. The van der Waals surface area contributed by atoms with Gasteiger partial charge in [0, 0.05) is 15.6 Å². The molecule has 1 heterocycles. The number of pyridine rings is 1. The monoisotopic (exact) mass is 319 g/mol. The van der Waals surface area contributed by atoms with Crippen LogP contribution in [0.4, 0.5) is 0 Å². The Labute approximate surface area is 119 Å². The number of rotatable bonds is 1. The van der Waals surface area contributed by atoms with Crippen molar-refractivity contribution in [3.8, 4) is 0 Å². The van der Waals surface area contributed by atoms with Gasteiger partial charge in [0.25, 0.3) is 0 Å².